The number of nitro groups is 1. The normalized spacial score (nSPS) is 10.5. The number of nitrogens with zero attached hydrogens (tertiary/aromatic N) is 1. The Hall–Kier alpha value is -3.68. The highest BCUT2D eigenvalue weighted by Gasteiger charge is 2.11. The van der Waals surface area contributed by atoms with E-state index >= 15 is 0 Å². The lowest BCUT2D eigenvalue weighted by molar-refractivity contribution is -0.400. The van der Waals surface area contributed by atoms with Gasteiger partial charge in [0, 0.05) is 18.9 Å². The standard InChI is InChI=1S/C20H19NO7/c1-26-17-5-2-3-6-18(17)28-20(23)8-4-7-19(22)27-16-11-9-15(10-12-16)13-14-21(24)25/h2-3,5-6,9-14H,4,7-8H2,1H3/b14-13+. The van der Waals surface area contributed by atoms with Gasteiger partial charge in [0.25, 0.3) is 0 Å². The molecule has 0 saturated heterocycles. The van der Waals surface area contributed by atoms with Gasteiger partial charge in [-0.3, -0.25) is 19.7 Å². The number of carbonyl (C=O) groups is 2. The molecule has 0 aliphatic heterocycles. The molecule has 28 heavy (non-hydrogen) atoms. The molecule has 0 fully saturated rings. The first-order valence-corrected chi connectivity index (χ1v) is 8.44. The summed E-state index contributed by atoms with van der Waals surface area (Å²) in [5.74, 6) is 0.133. The van der Waals surface area contributed by atoms with Crippen molar-refractivity contribution >= 4 is 18.0 Å². The van der Waals surface area contributed by atoms with Crippen LogP contribution in [0.1, 0.15) is 24.8 Å². The van der Waals surface area contributed by atoms with Gasteiger partial charge in [-0.15, -0.1) is 0 Å². The Morgan fingerprint density at radius 3 is 2.18 bits per heavy atom. The fourth-order valence-electron chi connectivity index (χ4n) is 2.23. The van der Waals surface area contributed by atoms with Crippen LogP contribution < -0.4 is 14.2 Å². The zero-order valence-corrected chi connectivity index (χ0v) is 15.2. The van der Waals surface area contributed by atoms with E-state index in [2.05, 4.69) is 0 Å². The van der Waals surface area contributed by atoms with Crippen molar-refractivity contribution in [1.29, 1.82) is 0 Å². The molecule has 0 amide bonds. The van der Waals surface area contributed by atoms with E-state index in [9.17, 15) is 19.7 Å². The summed E-state index contributed by atoms with van der Waals surface area (Å²) in [6.07, 6.45) is 2.53. The van der Waals surface area contributed by atoms with Gasteiger partial charge in [0.15, 0.2) is 11.5 Å². The van der Waals surface area contributed by atoms with Gasteiger partial charge in [-0.1, -0.05) is 24.3 Å². The Balaban J connectivity index is 1.75. The van der Waals surface area contributed by atoms with Gasteiger partial charge in [0.05, 0.1) is 12.0 Å². The number of esters is 2. The summed E-state index contributed by atoms with van der Waals surface area (Å²) in [7, 11) is 1.48. The zero-order chi connectivity index (χ0) is 20.4. The number of carbonyl (C=O) groups excluding carboxylic acids is 2. The highest BCUT2D eigenvalue weighted by atomic mass is 16.6. The van der Waals surface area contributed by atoms with Crippen molar-refractivity contribution in [2.75, 3.05) is 7.11 Å². The molecule has 0 radical (unpaired) electrons. The van der Waals surface area contributed by atoms with Gasteiger partial charge < -0.3 is 14.2 Å². The molecular formula is C20H19NO7. The highest BCUT2D eigenvalue weighted by Crippen LogP contribution is 2.26. The Labute approximate surface area is 161 Å². The number of hydrogen-bond acceptors (Lipinski definition) is 7. The van der Waals surface area contributed by atoms with Crippen LogP contribution in [-0.2, 0) is 9.59 Å². The van der Waals surface area contributed by atoms with E-state index in [1.807, 2.05) is 0 Å². The first-order chi connectivity index (χ1) is 13.5. The maximum atomic E-state index is 11.9. The molecule has 0 aliphatic rings. The lowest BCUT2D eigenvalue weighted by atomic mass is 10.2. The van der Waals surface area contributed by atoms with E-state index in [-0.39, 0.29) is 19.3 Å². The second-order valence-corrected chi connectivity index (χ2v) is 5.62. The van der Waals surface area contributed by atoms with Gasteiger partial charge >= 0.3 is 11.9 Å². The molecule has 0 aromatic heterocycles. The fraction of sp³-hybridized carbons (Fsp3) is 0.200. The van der Waals surface area contributed by atoms with Crippen LogP contribution in [0.3, 0.4) is 0 Å². The quantitative estimate of drug-likeness (QED) is 0.281. The molecular weight excluding hydrogens is 366 g/mol. The highest BCUT2D eigenvalue weighted by molar-refractivity contribution is 5.75. The van der Waals surface area contributed by atoms with Crippen LogP contribution in [0.15, 0.2) is 54.7 Å². The van der Waals surface area contributed by atoms with E-state index in [4.69, 9.17) is 14.2 Å². The molecule has 0 unspecified atom stereocenters. The molecule has 0 heterocycles. The number of para-hydroxylation sites is 2. The molecule has 146 valence electrons. The number of hydrogen-bond donors (Lipinski definition) is 0. The van der Waals surface area contributed by atoms with Gasteiger partial charge in [-0.25, -0.2) is 0 Å². The zero-order valence-electron chi connectivity index (χ0n) is 15.2. The topological polar surface area (TPSA) is 105 Å². The lowest BCUT2D eigenvalue weighted by Gasteiger charge is -2.08. The summed E-state index contributed by atoms with van der Waals surface area (Å²) in [6, 6.07) is 13.0. The van der Waals surface area contributed by atoms with E-state index in [1.54, 1.807) is 36.4 Å². The average molecular weight is 385 g/mol. The third-order valence-electron chi connectivity index (χ3n) is 3.56. The summed E-state index contributed by atoms with van der Waals surface area (Å²) in [5.41, 5.74) is 0.607. The molecule has 0 bridgehead atoms. The lowest BCUT2D eigenvalue weighted by Crippen LogP contribution is -2.12. The van der Waals surface area contributed by atoms with Crippen molar-refractivity contribution < 1.29 is 28.7 Å². The fourth-order valence-corrected chi connectivity index (χ4v) is 2.23. The molecule has 0 spiro atoms. The summed E-state index contributed by atoms with van der Waals surface area (Å²) in [4.78, 5) is 33.5. The maximum Gasteiger partial charge on any atom is 0.311 e. The Morgan fingerprint density at radius 1 is 0.964 bits per heavy atom. The average Bonchev–Trinajstić information content (AvgIpc) is 2.67. The smallest absolute Gasteiger partial charge is 0.311 e. The largest absolute Gasteiger partial charge is 0.493 e. The molecule has 8 heteroatoms. The van der Waals surface area contributed by atoms with E-state index in [0.717, 1.165) is 6.20 Å². The van der Waals surface area contributed by atoms with Gasteiger partial charge in [0.1, 0.15) is 5.75 Å². The van der Waals surface area contributed by atoms with Crippen LogP contribution in [0.4, 0.5) is 0 Å². The summed E-state index contributed by atoms with van der Waals surface area (Å²) >= 11 is 0. The summed E-state index contributed by atoms with van der Waals surface area (Å²) < 4.78 is 15.5. The van der Waals surface area contributed by atoms with Crippen molar-refractivity contribution in [3.05, 3.63) is 70.4 Å². The van der Waals surface area contributed by atoms with Gasteiger partial charge in [0.2, 0.25) is 6.20 Å². The Kier molecular flexibility index (Phi) is 7.71. The van der Waals surface area contributed by atoms with Crippen LogP contribution in [0, 0.1) is 10.1 Å². The third kappa shape index (κ3) is 6.91. The van der Waals surface area contributed by atoms with Crippen LogP contribution in [0.5, 0.6) is 17.2 Å². The van der Waals surface area contributed by atoms with Crippen LogP contribution in [-0.4, -0.2) is 24.0 Å². The number of rotatable bonds is 9. The van der Waals surface area contributed by atoms with Gasteiger partial charge in [-0.2, -0.15) is 0 Å². The van der Waals surface area contributed by atoms with E-state index in [1.165, 1.54) is 25.3 Å². The number of ether oxygens (including phenoxy) is 3. The van der Waals surface area contributed by atoms with E-state index in [0.29, 0.717) is 22.8 Å². The van der Waals surface area contributed by atoms with Crippen LogP contribution in [0.25, 0.3) is 6.08 Å². The summed E-state index contributed by atoms with van der Waals surface area (Å²) in [6.45, 7) is 0. The van der Waals surface area contributed by atoms with Crippen molar-refractivity contribution in [2.24, 2.45) is 0 Å². The van der Waals surface area contributed by atoms with Crippen LogP contribution in [0.2, 0.25) is 0 Å². The number of methoxy groups -OCH3 is 1. The Morgan fingerprint density at radius 2 is 1.57 bits per heavy atom. The molecule has 2 aromatic rings. The first kappa shape index (κ1) is 20.6. The molecule has 0 saturated carbocycles. The molecule has 8 nitrogen and oxygen atoms in total. The number of benzene rings is 2. The second kappa shape index (κ2) is 10.5. The van der Waals surface area contributed by atoms with Crippen molar-refractivity contribution in [2.45, 2.75) is 19.3 Å². The van der Waals surface area contributed by atoms with Crippen molar-refractivity contribution in [3.8, 4) is 17.2 Å². The van der Waals surface area contributed by atoms with E-state index < -0.39 is 16.9 Å². The van der Waals surface area contributed by atoms with Crippen molar-refractivity contribution in [3.63, 3.8) is 0 Å². The summed E-state index contributed by atoms with van der Waals surface area (Å²) in [5, 5.41) is 10.3. The monoisotopic (exact) mass is 385 g/mol. The molecule has 0 N–H and O–H groups in total. The predicted octanol–water partition coefficient (Wildman–Crippen LogP) is 3.62. The Bertz CT molecular complexity index is 859. The minimum absolute atomic E-state index is 0.0456. The molecule has 0 atom stereocenters. The second-order valence-electron chi connectivity index (χ2n) is 5.62. The minimum Gasteiger partial charge on any atom is -0.493 e. The third-order valence-corrected chi connectivity index (χ3v) is 3.56. The first-order valence-electron chi connectivity index (χ1n) is 8.44. The van der Waals surface area contributed by atoms with Crippen LogP contribution >= 0.6 is 0 Å². The SMILES string of the molecule is COc1ccccc1OC(=O)CCCC(=O)Oc1ccc(/C=C/[N+](=O)[O-])cc1. The van der Waals surface area contributed by atoms with Gasteiger partial charge in [-0.05, 0) is 36.2 Å². The molecule has 2 rings (SSSR count). The molecule has 0 aliphatic carbocycles. The van der Waals surface area contributed by atoms with Crippen molar-refractivity contribution in [1.82, 2.24) is 0 Å². The molecule has 2 aromatic carbocycles. The predicted molar refractivity (Wildman–Crippen MR) is 101 cm³/mol. The minimum atomic E-state index is -0.563. The maximum absolute atomic E-state index is 11.9.